The highest BCUT2D eigenvalue weighted by molar-refractivity contribution is 9.10. The molecule has 0 aliphatic carbocycles. The highest BCUT2D eigenvalue weighted by atomic mass is 79.9. The quantitative estimate of drug-likeness (QED) is 0.587. The molecule has 1 rings (SSSR count). The molecule has 0 heterocycles. The van der Waals surface area contributed by atoms with Crippen LogP contribution < -0.4 is 0 Å². The lowest BCUT2D eigenvalue weighted by atomic mass is 10.1. The van der Waals surface area contributed by atoms with Gasteiger partial charge in [0.2, 0.25) is 0 Å². The van der Waals surface area contributed by atoms with E-state index in [1.807, 2.05) is 24.3 Å². The lowest BCUT2D eigenvalue weighted by molar-refractivity contribution is -0.133. The van der Waals surface area contributed by atoms with Gasteiger partial charge in [-0.3, -0.25) is 0 Å². The van der Waals surface area contributed by atoms with Crippen LogP contribution in [0.4, 0.5) is 0 Å². The fraction of sp³-hybridized carbons (Fsp3) is 0.100. The molecule has 0 unspecified atom stereocenters. The van der Waals surface area contributed by atoms with Gasteiger partial charge in [-0.1, -0.05) is 34.6 Å². The molecule has 0 N–H and O–H groups in total. The van der Waals surface area contributed by atoms with Crippen LogP contribution in [-0.4, -0.2) is 13.1 Å². The Kier molecular flexibility index (Phi) is 3.25. The second-order valence-corrected chi connectivity index (χ2v) is 3.40. The molecule has 0 aromatic heterocycles. The van der Waals surface area contributed by atoms with Crippen LogP contribution in [0.1, 0.15) is 5.56 Å². The van der Waals surface area contributed by atoms with Gasteiger partial charge < -0.3 is 4.74 Å². The second-order valence-electron chi connectivity index (χ2n) is 2.48. The lowest BCUT2D eigenvalue weighted by Crippen LogP contribution is -2.02. The first-order chi connectivity index (χ1) is 6.15. The van der Waals surface area contributed by atoms with Crippen LogP contribution in [-0.2, 0) is 9.53 Å². The molecular weight excluding hydrogens is 232 g/mol. The molecule has 0 bridgehead atoms. The summed E-state index contributed by atoms with van der Waals surface area (Å²) in [6, 6.07) is 7.35. The summed E-state index contributed by atoms with van der Waals surface area (Å²) in [6.45, 7) is 3.64. The Hall–Kier alpha value is -1.09. The van der Waals surface area contributed by atoms with Crippen LogP contribution in [0.5, 0.6) is 0 Å². The average molecular weight is 241 g/mol. The van der Waals surface area contributed by atoms with E-state index in [-0.39, 0.29) is 0 Å². The minimum absolute atomic E-state index is 0.365. The Bertz CT molecular complexity index is 345. The molecule has 13 heavy (non-hydrogen) atoms. The van der Waals surface area contributed by atoms with Gasteiger partial charge in [0.25, 0.3) is 0 Å². The van der Waals surface area contributed by atoms with Crippen LogP contribution >= 0.6 is 15.9 Å². The van der Waals surface area contributed by atoms with E-state index in [1.54, 1.807) is 0 Å². The summed E-state index contributed by atoms with van der Waals surface area (Å²) in [4.78, 5) is 11.1. The second kappa shape index (κ2) is 4.23. The van der Waals surface area contributed by atoms with Gasteiger partial charge in [0.15, 0.2) is 0 Å². The molecule has 0 amide bonds. The fourth-order valence-electron chi connectivity index (χ4n) is 0.917. The van der Waals surface area contributed by atoms with Gasteiger partial charge in [0, 0.05) is 4.47 Å². The van der Waals surface area contributed by atoms with Crippen molar-refractivity contribution in [3.63, 3.8) is 0 Å². The number of benzene rings is 1. The summed E-state index contributed by atoms with van der Waals surface area (Å²) < 4.78 is 5.46. The third kappa shape index (κ3) is 2.42. The molecule has 0 saturated heterocycles. The van der Waals surface area contributed by atoms with E-state index in [0.29, 0.717) is 5.57 Å². The maximum Gasteiger partial charge on any atom is 0.337 e. The molecule has 0 spiro atoms. The Morgan fingerprint density at radius 2 is 2.23 bits per heavy atom. The molecule has 0 aliphatic heterocycles. The molecule has 1 aromatic carbocycles. The summed E-state index contributed by atoms with van der Waals surface area (Å²) >= 11 is 3.31. The summed E-state index contributed by atoms with van der Waals surface area (Å²) in [6.07, 6.45) is 0. The fourth-order valence-corrected chi connectivity index (χ4v) is 1.32. The van der Waals surface area contributed by atoms with Crippen LogP contribution in [0.25, 0.3) is 5.57 Å². The summed E-state index contributed by atoms with van der Waals surface area (Å²) in [5.41, 5.74) is 1.13. The predicted molar refractivity (Wildman–Crippen MR) is 55.2 cm³/mol. The minimum atomic E-state index is -0.405. The zero-order valence-electron chi connectivity index (χ0n) is 7.21. The van der Waals surface area contributed by atoms with Gasteiger partial charge in [-0.2, -0.15) is 0 Å². The summed E-state index contributed by atoms with van der Waals surface area (Å²) in [7, 11) is 1.34. The Labute approximate surface area is 85.3 Å². The molecule has 0 saturated carbocycles. The van der Waals surface area contributed by atoms with Gasteiger partial charge in [-0.05, 0) is 17.7 Å². The number of carbonyl (C=O) groups is 1. The van der Waals surface area contributed by atoms with E-state index >= 15 is 0 Å². The number of methoxy groups -OCH3 is 1. The zero-order chi connectivity index (χ0) is 9.84. The van der Waals surface area contributed by atoms with Crippen LogP contribution in [0.15, 0.2) is 35.3 Å². The van der Waals surface area contributed by atoms with Crippen molar-refractivity contribution in [2.75, 3.05) is 7.11 Å². The van der Waals surface area contributed by atoms with E-state index in [1.165, 1.54) is 7.11 Å². The molecular formula is C10H9BrO2. The number of rotatable bonds is 2. The third-order valence-electron chi connectivity index (χ3n) is 1.60. The SMILES string of the molecule is C=C(C(=O)OC)c1cccc(Br)c1. The zero-order valence-corrected chi connectivity index (χ0v) is 8.80. The normalized spacial score (nSPS) is 9.38. The maximum atomic E-state index is 11.1. The Morgan fingerprint density at radius 3 is 2.77 bits per heavy atom. The molecule has 68 valence electrons. The van der Waals surface area contributed by atoms with Crippen molar-refractivity contribution in [2.45, 2.75) is 0 Å². The van der Waals surface area contributed by atoms with Gasteiger partial charge in [0.1, 0.15) is 0 Å². The van der Waals surface area contributed by atoms with Crippen LogP contribution in [0.2, 0.25) is 0 Å². The molecule has 0 aliphatic rings. The van der Waals surface area contributed by atoms with Gasteiger partial charge in [-0.25, -0.2) is 4.79 Å². The predicted octanol–water partition coefficient (Wildman–Crippen LogP) is 2.64. The number of hydrogen-bond acceptors (Lipinski definition) is 2. The molecule has 2 nitrogen and oxygen atoms in total. The smallest absolute Gasteiger partial charge is 0.337 e. The summed E-state index contributed by atoms with van der Waals surface area (Å²) in [5, 5.41) is 0. The third-order valence-corrected chi connectivity index (χ3v) is 2.10. The molecule has 1 aromatic rings. The molecule has 0 atom stereocenters. The van der Waals surface area contributed by atoms with Gasteiger partial charge >= 0.3 is 5.97 Å². The van der Waals surface area contributed by atoms with E-state index in [4.69, 9.17) is 0 Å². The van der Waals surface area contributed by atoms with E-state index < -0.39 is 5.97 Å². The number of esters is 1. The van der Waals surface area contributed by atoms with Crippen molar-refractivity contribution in [3.8, 4) is 0 Å². The van der Waals surface area contributed by atoms with Crippen molar-refractivity contribution >= 4 is 27.5 Å². The first kappa shape index (κ1) is 9.99. The van der Waals surface area contributed by atoms with Crippen molar-refractivity contribution < 1.29 is 9.53 Å². The van der Waals surface area contributed by atoms with Crippen molar-refractivity contribution in [1.82, 2.24) is 0 Å². The van der Waals surface area contributed by atoms with E-state index in [0.717, 1.165) is 10.0 Å². The Morgan fingerprint density at radius 1 is 1.54 bits per heavy atom. The van der Waals surface area contributed by atoms with Crippen molar-refractivity contribution in [1.29, 1.82) is 0 Å². The topological polar surface area (TPSA) is 26.3 Å². The first-order valence-electron chi connectivity index (χ1n) is 3.68. The highest BCUT2D eigenvalue weighted by Gasteiger charge is 2.08. The first-order valence-corrected chi connectivity index (χ1v) is 4.47. The van der Waals surface area contributed by atoms with Crippen LogP contribution in [0.3, 0.4) is 0 Å². The maximum absolute atomic E-state index is 11.1. The van der Waals surface area contributed by atoms with E-state index in [2.05, 4.69) is 27.2 Å². The number of carbonyl (C=O) groups excluding carboxylic acids is 1. The Balaban J connectivity index is 2.95. The van der Waals surface area contributed by atoms with E-state index in [9.17, 15) is 4.79 Å². The van der Waals surface area contributed by atoms with Gasteiger partial charge in [0.05, 0.1) is 12.7 Å². The van der Waals surface area contributed by atoms with Gasteiger partial charge in [-0.15, -0.1) is 0 Å². The van der Waals surface area contributed by atoms with Crippen LogP contribution in [0, 0.1) is 0 Å². The van der Waals surface area contributed by atoms with Crippen molar-refractivity contribution in [3.05, 3.63) is 40.9 Å². The number of halogens is 1. The minimum Gasteiger partial charge on any atom is -0.465 e. The number of hydrogen-bond donors (Lipinski definition) is 0. The number of ether oxygens (including phenoxy) is 1. The monoisotopic (exact) mass is 240 g/mol. The summed E-state index contributed by atoms with van der Waals surface area (Å²) in [5.74, 6) is -0.405. The highest BCUT2D eigenvalue weighted by Crippen LogP contribution is 2.18. The largest absolute Gasteiger partial charge is 0.465 e. The average Bonchev–Trinajstić information content (AvgIpc) is 2.15. The molecule has 0 fully saturated rings. The lowest BCUT2D eigenvalue weighted by Gasteiger charge is -2.03. The molecule has 0 radical (unpaired) electrons. The standard InChI is InChI=1S/C10H9BrO2/c1-7(10(12)13-2)8-4-3-5-9(11)6-8/h3-6H,1H2,2H3. The molecule has 3 heteroatoms. The van der Waals surface area contributed by atoms with Crippen molar-refractivity contribution in [2.24, 2.45) is 0 Å².